The Morgan fingerprint density at radius 2 is 1.20 bits per heavy atom. The van der Waals surface area contributed by atoms with Gasteiger partial charge in [0.15, 0.2) is 0 Å². The molecule has 0 heterocycles. The molecule has 1 aliphatic rings. The second kappa shape index (κ2) is 29.2. The van der Waals surface area contributed by atoms with Gasteiger partial charge in [-0.05, 0) is 33.5 Å². The fourth-order valence-corrected chi connectivity index (χ4v) is 1.00. The minimum atomic E-state index is 0. The number of hydrogen-bond acceptors (Lipinski definition) is 3. The molecule has 0 aromatic rings. The molecule has 0 aliphatic heterocycles. The summed E-state index contributed by atoms with van der Waals surface area (Å²) in [6.07, 6.45) is 11.4. The zero-order valence-corrected chi connectivity index (χ0v) is 13.0. The van der Waals surface area contributed by atoms with E-state index in [1.54, 1.807) is 0 Å². The standard InChI is InChI=1S/C8H12.3CH5N.Zr/c1-2-5-8-6-3-4-7-8;3*1-2;/h3-4,6-8H,2,5H2,1H3;3*2H2,1H3;. The van der Waals surface area contributed by atoms with Crippen LogP contribution in [-0.2, 0) is 26.2 Å². The SMILES string of the molecule is CCCC1C=CC=C1.CN.CN.CN.[Zr]. The summed E-state index contributed by atoms with van der Waals surface area (Å²) in [5, 5.41) is 0. The molecule has 0 aromatic heterocycles. The first-order valence-electron chi connectivity index (χ1n) is 5.01. The Balaban J connectivity index is -0.0000000755. The first-order valence-corrected chi connectivity index (χ1v) is 5.01. The first kappa shape index (κ1) is 24.5. The molecule has 15 heavy (non-hydrogen) atoms. The molecule has 1 aliphatic carbocycles. The predicted molar refractivity (Wildman–Crippen MR) is 67.0 cm³/mol. The average molecular weight is 293 g/mol. The molecular weight excluding hydrogens is 265 g/mol. The molecule has 0 atom stereocenters. The third-order valence-corrected chi connectivity index (χ3v) is 1.45. The van der Waals surface area contributed by atoms with Crippen LogP contribution >= 0.6 is 0 Å². The van der Waals surface area contributed by atoms with Crippen LogP contribution in [0.5, 0.6) is 0 Å². The van der Waals surface area contributed by atoms with Crippen molar-refractivity contribution in [1.82, 2.24) is 0 Å². The van der Waals surface area contributed by atoms with Crippen molar-refractivity contribution in [2.24, 2.45) is 23.1 Å². The second-order valence-electron chi connectivity index (χ2n) is 2.22. The maximum Gasteiger partial charge on any atom is 0 e. The Labute approximate surface area is 114 Å². The fourth-order valence-electron chi connectivity index (χ4n) is 1.00. The molecule has 0 amide bonds. The van der Waals surface area contributed by atoms with E-state index in [4.69, 9.17) is 0 Å². The van der Waals surface area contributed by atoms with E-state index in [0.29, 0.717) is 0 Å². The van der Waals surface area contributed by atoms with Gasteiger partial charge in [0.05, 0.1) is 0 Å². The summed E-state index contributed by atoms with van der Waals surface area (Å²) in [6.45, 7) is 2.22. The van der Waals surface area contributed by atoms with E-state index in [-0.39, 0.29) is 26.2 Å². The minimum absolute atomic E-state index is 0. The Morgan fingerprint density at radius 1 is 0.867 bits per heavy atom. The van der Waals surface area contributed by atoms with Gasteiger partial charge in [-0.2, -0.15) is 0 Å². The van der Waals surface area contributed by atoms with Gasteiger partial charge >= 0.3 is 0 Å². The number of nitrogens with two attached hydrogens (primary N) is 3. The van der Waals surface area contributed by atoms with Crippen LogP contribution in [-0.4, -0.2) is 21.1 Å². The molecule has 1 rings (SSSR count). The van der Waals surface area contributed by atoms with Crippen LogP contribution < -0.4 is 17.2 Å². The van der Waals surface area contributed by atoms with Crippen molar-refractivity contribution in [3.63, 3.8) is 0 Å². The van der Waals surface area contributed by atoms with Crippen LogP contribution in [0.1, 0.15) is 19.8 Å². The second-order valence-corrected chi connectivity index (χ2v) is 2.22. The smallest absolute Gasteiger partial charge is 0 e. The maximum absolute atomic E-state index is 4.50. The Bertz CT molecular complexity index is 113. The van der Waals surface area contributed by atoms with E-state index >= 15 is 0 Å². The third-order valence-electron chi connectivity index (χ3n) is 1.45. The molecule has 4 heteroatoms. The summed E-state index contributed by atoms with van der Waals surface area (Å²) < 4.78 is 0. The number of allylic oxidation sites excluding steroid dienone is 4. The van der Waals surface area contributed by atoms with E-state index in [1.165, 1.54) is 34.0 Å². The molecule has 0 bridgehead atoms. The van der Waals surface area contributed by atoms with Gasteiger partial charge in [0.25, 0.3) is 0 Å². The summed E-state index contributed by atoms with van der Waals surface area (Å²) >= 11 is 0. The Morgan fingerprint density at radius 3 is 1.47 bits per heavy atom. The van der Waals surface area contributed by atoms with Crippen molar-refractivity contribution in [2.45, 2.75) is 19.8 Å². The van der Waals surface area contributed by atoms with Crippen LogP contribution in [0.4, 0.5) is 0 Å². The maximum atomic E-state index is 4.50. The minimum Gasteiger partial charge on any atom is -0.333 e. The summed E-state index contributed by atoms with van der Waals surface area (Å²) in [5.41, 5.74) is 13.5. The molecule has 0 saturated carbocycles. The van der Waals surface area contributed by atoms with E-state index < -0.39 is 0 Å². The Hall–Kier alpha value is 0.243. The summed E-state index contributed by atoms with van der Waals surface area (Å²) in [4.78, 5) is 0. The van der Waals surface area contributed by atoms with E-state index in [2.05, 4.69) is 48.4 Å². The largest absolute Gasteiger partial charge is 0.333 e. The van der Waals surface area contributed by atoms with Crippen LogP contribution in [0.2, 0.25) is 0 Å². The number of rotatable bonds is 2. The topological polar surface area (TPSA) is 78.1 Å². The van der Waals surface area contributed by atoms with E-state index in [0.717, 1.165) is 5.92 Å². The molecule has 0 aromatic carbocycles. The van der Waals surface area contributed by atoms with Gasteiger partial charge in [-0.15, -0.1) is 0 Å². The van der Waals surface area contributed by atoms with Gasteiger partial charge in [-0.25, -0.2) is 0 Å². The summed E-state index contributed by atoms with van der Waals surface area (Å²) in [6, 6.07) is 0. The van der Waals surface area contributed by atoms with Gasteiger partial charge in [-0.3, -0.25) is 0 Å². The van der Waals surface area contributed by atoms with Gasteiger partial charge in [0.1, 0.15) is 0 Å². The van der Waals surface area contributed by atoms with E-state index in [1.807, 2.05) is 0 Å². The van der Waals surface area contributed by atoms with Crippen molar-refractivity contribution < 1.29 is 26.2 Å². The zero-order chi connectivity index (χ0) is 11.8. The van der Waals surface area contributed by atoms with Crippen LogP contribution in [0.15, 0.2) is 24.3 Å². The van der Waals surface area contributed by atoms with Crippen molar-refractivity contribution >= 4 is 0 Å². The molecule has 0 spiro atoms. The molecule has 6 N–H and O–H groups in total. The molecule has 3 nitrogen and oxygen atoms in total. The molecule has 0 fully saturated rings. The van der Waals surface area contributed by atoms with Gasteiger partial charge < -0.3 is 17.2 Å². The third kappa shape index (κ3) is 20.3. The molecule has 0 radical (unpaired) electrons. The van der Waals surface area contributed by atoms with Crippen LogP contribution in [0.3, 0.4) is 0 Å². The van der Waals surface area contributed by atoms with Crippen molar-refractivity contribution in [1.29, 1.82) is 0 Å². The van der Waals surface area contributed by atoms with Crippen molar-refractivity contribution in [3.8, 4) is 0 Å². The molecule has 0 unspecified atom stereocenters. The average Bonchev–Trinajstić information content (AvgIpc) is 2.80. The molecule has 90 valence electrons. The van der Waals surface area contributed by atoms with Crippen molar-refractivity contribution in [2.75, 3.05) is 21.1 Å². The monoisotopic (exact) mass is 291 g/mol. The summed E-state index contributed by atoms with van der Waals surface area (Å²) in [5.74, 6) is 0.750. The fraction of sp³-hybridized carbons (Fsp3) is 0.636. The van der Waals surface area contributed by atoms with Gasteiger partial charge in [-0.1, -0.05) is 37.6 Å². The first-order chi connectivity index (χ1) is 6.93. The quantitative estimate of drug-likeness (QED) is 0.717. The molecule has 0 saturated heterocycles. The van der Waals surface area contributed by atoms with Gasteiger partial charge in [0.2, 0.25) is 0 Å². The zero-order valence-electron chi connectivity index (χ0n) is 10.5. The summed E-state index contributed by atoms with van der Waals surface area (Å²) in [7, 11) is 4.50. The van der Waals surface area contributed by atoms with Crippen LogP contribution in [0.25, 0.3) is 0 Å². The predicted octanol–water partition coefficient (Wildman–Crippen LogP) is 1.25. The molecular formula is C11H27N3Zr. The van der Waals surface area contributed by atoms with Crippen LogP contribution in [0, 0.1) is 5.92 Å². The van der Waals surface area contributed by atoms with Gasteiger partial charge in [0, 0.05) is 26.2 Å². The van der Waals surface area contributed by atoms with Crippen molar-refractivity contribution in [3.05, 3.63) is 24.3 Å². The van der Waals surface area contributed by atoms with E-state index in [9.17, 15) is 0 Å². The number of hydrogen-bond donors (Lipinski definition) is 3. The Kier molecular flexibility index (Phi) is 47.7. The normalized spacial score (nSPS) is 10.9.